The maximum atomic E-state index is 12.9. The molecule has 1 fully saturated rings. The zero-order valence-electron chi connectivity index (χ0n) is 16.6. The molecule has 0 bridgehead atoms. The summed E-state index contributed by atoms with van der Waals surface area (Å²) in [7, 11) is 0. The van der Waals surface area contributed by atoms with E-state index in [9.17, 15) is 4.79 Å². The van der Waals surface area contributed by atoms with Gasteiger partial charge in [-0.15, -0.1) is 0 Å². The van der Waals surface area contributed by atoms with Gasteiger partial charge in [0.1, 0.15) is 0 Å². The van der Waals surface area contributed by atoms with E-state index in [1.807, 2.05) is 24.5 Å². The lowest BCUT2D eigenvalue weighted by Gasteiger charge is -2.33. The maximum absolute atomic E-state index is 12.9. The highest BCUT2D eigenvalue weighted by Crippen LogP contribution is 2.27. The highest BCUT2D eigenvalue weighted by atomic mass is 35.5. The molecule has 7 heteroatoms. The summed E-state index contributed by atoms with van der Waals surface area (Å²) in [6.07, 6.45) is 8.13. The number of halogens is 1. The number of piperidine rings is 1. The molecule has 0 spiro atoms. The van der Waals surface area contributed by atoms with Crippen molar-refractivity contribution in [2.45, 2.75) is 19.3 Å². The molecule has 3 heterocycles. The van der Waals surface area contributed by atoms with Crippen LogP contribution < -0.4 is 16.0 Å². The number of nitrogen functional groups attached to an aromatic ring is 1. The van der Waals surface area contributed by atoms with Crippen LogP contribution in [0.5, 0.6) is 0 Å². The number of amides is 1. The van der Waals surface area contributed by atoms with Gasteiger partial charge in [0.2, 0.25) is 0 Å². The minimum atomic E-state index is -0.243. The Morgan fingerprint density at radius 2 is 1.77 bits per heavy atom. The lowest BCUT2D eigenvalue weighted by atomic mass is 9.90. The first-order valence-electron chi connectivity index (χ1n) is 10.1. The predicted octanol–water partition coefficient (Wildman–Crippen LogP) is 4.42. The fourth-order valence-corrected chi connectivity index (χ4v) is 4.02. The van der Waals surface area contributed by atoms with Crippen molar-refractivity contribution in [2.24, 2.45) is 5.92 Å². The van der Waals surface area contributed by atoms with Crippen molar-refractivity contribution in [2.75, 3.05) is 29.0 Å². The van der Waals surface area contributed by atoms with Crippen LogP contribution in [0.15, 0.2) is 61.1 Å². The predicted molar refractivity (Wildman–Crippen MR) is 121 cm³/mol. The summed E-state index contributed by atoms with van der Waals surface area (Å²) in [5.41, 5.74) is 9.70. The molecule has 0 radical (unpaired) electrons. The summed E-state index contributed by atoms with van der Waals surface area (Å²) in [5, 5.41) is 3.52. The van der Waals surface area contributed by atoms with Crippen LogP contribution in [0.25, 0.3) is 0 Å². The molecule has 154 valence electrons. The third-order valence-corrected chi connectivity index (χ3v) is 5.77. The number of benzene rings is 1. The number of nitrogens with one attached hydrogen (secondary N) is 1. The van der Waals surface area contributed by atoms with Gasteiger partial charge in [0.25, 0.3) is 5.91 Å². The van der Waals surface area contributed by atoms with E-state index in [2.05, 4.69) is 20.2 Å². The molecule has 30 heavy (non-hydrogen) atoms. The summed E-state index contributed by atoms with van der Waals surface area (Å²) in [5.74, 6) is 0.214. The number of carbonyl (C=O) groups is 1. The number of carbonyl (C=O) groups excluding carboxylic acids is 1. The van der Waals surface area contributed by atoms with Crippen molar-refractivity contribution < 1.29 is 4.79 Å². The van der Waals surface area contributed by atoms with E-state index in [-0.39, 0.29) is 5.91 Å². The maximum Gasteiger partial charge on any atom is 0.259 e. The van der Waals surface area contributed by atoms with Crippen molar-refractivity contribution in [3.63, 3.8) is 0 Å². The summed E-state index contributed by atoms with van der Waals surface area (Å²) < 4.78 is 0. The molecule has 6 nitrogen and oxygen atoms in total. The van der Waals surface area contributed by atoms with E-state index in [0.29, 0.717) is 27.9 Å². The summed E-state index contributed by atoms with van der Waals surface area (Å²) >= 11 is 5.92. The number of pyridine rings is 2. The average molecular weight is 422 g/mol. The number of hydrogen-bond acceptors (Lipinski definition) is 5. The molecular formula is C23H24ClN5O. The van der Waals surface area contributed by atoms with Crippen LogP contribution in [-0.2, 0) is 6.42 Å². The van der Waals surface area contributed by atoms with E-state index in [1.165, 1.54) is 5.69 Å². The van der Waals surface area contributed by atoms with Crippen molar-refractivity contribution in [1.29, 1.82) is 0 Å². The van der Waals surface area contributed by atoms with Gasteiger partial charge >= 0.3 is 0 Å². The molecule has 2 aromatic heterocycles. The second kappa shape index (κ2) is 9.13. The van der Waals surface area contributed by atoms with Crippen molar-refractivity contribution in [3.8, 4) is 0 Å². The third-order valence-electron chi connectivity index (χ3n) is 5.52. The van der Waals surface area contributed by atoms with E-state index in [1.54, 1.807) is 36.5 Å². The highest BCUT2D eigenvalue weighted by Gasteiger charge is 2.24. The van der Waals surface area contributed by atoms with Gasteiger partial charge in [-0.25, -0.2) is 0 Å². The SMILES string of the molecule is Nc1ccnc(CC2CCN(c3ccncc3)CC2)c1C(=O)Nc1ccc(Cl)cc1. The van der Waals surface area contributed by atoms with E-state index in [0.717, 1.165) is 38.0 Å². The second-order valence-electron chi connectivity index (χ2n) is 7.52. The van der Waals surface area contributed by atoms with E-state index in [4.69, 9.17) is 17.3 Å². The van der Waals surface area contributed by atoms with Gasteiger partial charge in [-0.05, 0) is 67.6 Å². The molecule has 1 amide bonds. The smallest absolute Gasteiger partial charge is 0.259 e. The van der Waals surface area contributed by atoms with Crippen LogP contribution >= 0.6 is 11.6 Å². The zero-order chi connectivity index (χ0) is 20.9. The molecule has 0 atom stereocenters. The van der Waals surface area contributed by atoms with Crippen LogP contribution in [-0.4, -0.2) is 29.0 Å². The average Bonchev–Trinajstić information content (AvgIpc) is 2.76. The van der Waals surface area contributed by atoms with Gasteiger partial charge in [-0.3, -0.25) is 14.8 Å². The quantitative estimate of drug-likeness (QED) is 0.636. The van der Waals surface area contributed by atoms with Crippen molar-refractivity contribution in [3.05, 3.63) is 77.3 Å². The lowest BCUT2D eigenvalue weighted by molar-refractivity contribution is 0.102. The summed E-state index contributed by atoms with van der Waals surface area (Å²) in [6.45, 7) is 1.95. The van der Waals surface area contributed by atoms with Crippen LogP contribution in [0.4, 0.5) is 17.1 Å². The molecule has 0 aliphatic carbocycles. The van der Waals surface area contributed by atoms with Gasteiger partial charge in [0, 0.05) is 53.8 Å². The highest BCUT2D eigenvalue weighted by molar-refractivity contribution is 6.30. The monoisotopic (exact) mass is 421 g/mol. The molecule has 4 rings (SSSR count). The Labute approximate surface area is 181 Å². The molecule has 3 aromatic rings. The third kappa shape index (κ3) is 4.71. The Morgan fingerprint density at radius 3 is 2.47 bits per heavy atom. The van der Waals surface area contributed by atoms with Gasteiger partial charge in [0.15, 0.2) is 0 Å². The van der Waals surface area contributed by atoms with Crippen molar-refractivity contribution >= 4 is 34.6 Å². The minimum absolute atomic E-state index is 0.243. The minimum Gasteiger partial charge on any atom is -0.398 e. The zero-order valence-corrected chi connectivity index (χ0v) is 17.3. The van der Waals surface area contributed by atoms with Crippen molar-refractivity contribution in [1.82, 2.24) is 9.97 Å². The molecule has 1 saturated heterocycles. The molecule has 0 unspecified atom stereocenters. The first-order chi connectivity index (χ1) is 14.6. The van der Waals surface area contributed by atoms with E-state index < -0.39 is 0 Å². The molecule has 1 aromatic carbocycles. The largest absolute Gasteiger partial charge is 0.398 e. The van der Waals surface area contributed by atoms with Gasteiger partial charge in [-0.2, -0.15) is 0 Å². The second-order valence-corrected chi connectivity index (χ2v) is 7.96. The Bertz CT molecular complexity index is 1000. The fraction of sp³-hybridized carbons (Fsp3) is 0.261. The standard InChI is InChI=1S/C23H24ClN5O/c24-17-1-3-18(4-2-17)28-23(30)22-20(25)7-12-27-21(22)15-16-8-13-29(14-9-16)19-5-10-26-11-6-19/h1-7,10-12,16H,8-9,13-15H2,(H2,25,27)(H,28,30). The number of aromatic nitrogens is 2. The summed E-state index contributed by atoms with van der Waals surface area (Å²) in [6, 6.07) is 12.8. The number of nitrogens with zero attached hydrogens (tertiary/aromatic N) is 3. The van der Waals surface area contributed by atoms with Crippen LogP contribution in [0.3, 0.4) is 0 Å². The Kier molecular flexibility index (Phi) is 6.14. The summed E-state index contributed by atoms with van der Waals surface area (Å²) in [4.78, 5) is 23.9. The number of anilines is 3. The van der Waals surface area contributed by atoms with E-state index >= 15 is 0 Å². The Morgan fingerprint density at radius 1 is 1.07 bits per heavy atom. The normalized spacial score (nSPS) is 14.5. The molecular weight excluding hydrogens is 398 g/mol. The van der Waals surface area contributed by atoms with Crippen LogP contribution in [0, 0.1) is 5.92 Å². The van der Waals surface area contributed by atoms with Crippen LogP contribution in [0.2, 0.25) is 5.02 Å². The topological polar surface area (TPSA) is 84.1 Å². The Hall–Kier alpha value is -3.12. The number of nitrogens with two attached hydrogens (primary N) is 1. The molecule has 0 saturated carbocycles. The number of rotatable bonds is 5. The van der Waals surface area contributed by atoms with Gasteiger partial charge in [-0.1, -0.05) is 11.6 Å². The number of hydrogen-bond donors (Lipinski definition) is 2. The molecule has 1 aliphatic rings. The molecule has 3 N–H and O–H groups in total. The Balaban J connectivity index is 1.44. The fourth-order valence-electron chi connectivity index (χ4n) is 3.89. The first-order valence-corrected chi connectivity index (χ1v) is 10.4. The molecule has 1 aliphatic heterocycles. The lowest BCUT2D eigenvalue weighted by Crippen LogP contribution is -2.34. The van der Waals surface area contributed by atoms with Crippen LogP contribution in [0.1, 0.15) is 28.9 Å². The van der Waals surface area contributed by atoms with Gasteiger partial charge in [0.05, 0.1) is 11.3 Å². The first kappa shape index (κ1) is 20.2. The van der Waals surface area contributed by atoms with Gasteiger partial charge < -0.3 is 16.0 Å².